The van der Waals surface area contributed by atoms with Crippen molar-refractivity contribution in [3.05, 3.63) is 101 Å². The zero-order chi connectivity index (χ0) is 20.2. The maximum absolute atomic E-state index is 13.0. The van der Waals surface area contributed by atoms with Crippen LogP contribution in [0.4, 0.5) is 5.69 Å². The molecule has 0 aromatic heterocycles. The average molecular weight is 403 g/mol. The van der Waals surface area contributed by atoms with E-state index in [1.165, 1.54) is 5.01 Å². The molecule has 1 amide bonds. The number of hydrogen-bond acceptors (Lipinski definition) is 3. The van der Waals surface area contributed by atoms with E-state index in [9.17, 15) is 4.79 Å². The molecule has 29 heavy (non-hydrogen) atoms. The summed E-state index contributed by atoms with van der Waals surface area (Å²) in [5.74, 6) is 0.539. The van der Waals surface area contributed by atoms with Crippen LogP contribution in [0.1, 0.15) is 18.1 Å². The smallest absolute Gasteiger partial charge is 0.280 e. The molecule has 0 radical (unpaired) electrons. The SMILES string of the molecule is CC1=NN(c2ccc(Cl)cc2)C(=O)C1=Cc1ccccc1OCc1ccccc1. The minimum absolute atomic E-state index is 0.178. The largest absolute Gasteiger partial charge is 0.488 e. The molecule has 4 rings (SSSR count). The van der Waals surface area contributed by atoms with Gasteiger partial charge < -0.3 is 4.74 Å². The highest BCUT2D eigenvalue weighted by Gasteiger charge is 2.28. The maximum Gasteiger partial charge on any atom is 0.280 e. The van der Waals surface area contributed by atoms with Crippen LogP contribution < -0.4 is 9.75 Å². The molecule has 3 aromatic rings. The maximum atomic E-state index is 13.0. The zero-order valence-corrected chi connectivity index (χ0v) is 16.6. The van der Waals surface area contributed by atoms with Gasteiger partial charge in [-0.2, -0.15) is 10.1 Å². The highest BCUT2D eigenvalue weighted by atomic mass is 35.5. The van der Waals surface area contributed by atoms with Crippen LogP contribution in [-0.4, -0.2) is 11.6 Å². The third-order valence-corrected chi connectivity index (χ3v) is 4.84. The number of nitrogens with zero attached hydrogens (tertiary/aromatic N) is 2. The van der Waals surface area contributed by atoms with Gasteiger partial charge in [-0.05, 0) is 48.9 Å². The normalized spacial score (nSPS) is 15.0. The van der Waals surface area contributed by atoms with Crippen LogP contribution in [0.5, 0.6) is 5.75 Å². The molecular weight excluding hydrogens is 384 g/mol. The van der Waals surface area contributed by atoms with Gasteiger partial charge in [-0.3, -0.25) is 4.79 Å². The van der Waals surface area contributed by atoms with Gasteiger partial charge in [-0.1, -0.05) is 60.1 Å². The summed E-state index contributed by atoms with van der Waals surface area (Å²) in [4.78, 5) is 13.0. The van der Waals surface area contributed by atoms with E-state index < -0.39 is 0 Å². The number of hydrogen-bond donors (Lipinski definition) is 0. The Labute approximate surface area is 174 Å². The van der Waals surface area contributed by atoms with E-state index in [-0.39, 0.29) is 5.91 Å². The molecule has 3 aromatic carbocycles. The van der Waals surface area contributed by atoms with Crippen LogP contribution in [0.3, 0.4) is 0 Å². The fourth-order valence-corrected chi connectivity index (χ4v) is 3.19. The molecule has 4 nitrogen and oxygen atoms in total. The molecule has 0 spiro atoms. The van der Waals surface area contributed by atoms with Gasteiger partial charge in [0, 0.05) is 10.6 Å². The van der Waals surface area contributed by atoms with Crippen molar-refractivity contribution < 1.29 is 9.53 Å². The molecule has 1 aliphatic rings. The Morgan fingerprint density at radius 3 is 2.41 bits per heavy atom. The van der Waals surface area contributed by atoms with Crippen molar-refractivity contribution >= 4 is 35.0 Å². The minimum Gasteiger partial charge on any atom is -0.488 e. The third kappa shape index (κ3) is 4.23. The first-order chi connectivity index (χ1) is 14.1. The second kappa shape index (κ2) is 8.33. The number of para-hydroxylation sites is 1. The van der Waals surface area contributed by atoms with Crippen LogP contribution >= 0.6 is 11.6 Å². The van der Waals surface area contributed by atoms with Gasteiger partial charge in [-0.25, -0.2) is 0 Å². The predicted molar refractivity (Wildman–Crippen MR) is 117 cm³/mol. The molecule has 0 fully saturated rings. The van der Waals surface area contributed by atoms with Gasteiger partial charge in [-0.15, -0.1) is 0 Å². The summed E-state index contributed by atoms with van der Waals surface area (Å²) in [7, 11) is 0. The Bertz CT molecular complexity index is 1090. The van der Waals surface area contributed by atoms with Crippen molar-refractivity contribution in [2.24, 2.45) is 5.10 Å². The van der Waals surface area contributed by atoms with Gasteiger partial charge >= 0.3 is 0 Å². The highest BCUT2D eigenvalue weighted by molar-refractivity contribution is 6.32. The fourth-order valence-electron chi connectivity index (χ4n) is 3.06. The summed E-state index contributed by atoms with van der Waals surface area (Å²) < 4.78 is 6.00. The van der Waals surface area contributed by atoms with E-state index in [2.05, 4.69) is 5.10 Å². The van der Waals surface area contributed by atoms with Crippen LogP contribution in [0.25, 0.3) is 6.08 Å². The number of hydrazone groups is 1. The van der Waals surface area contributed by atoms with Crippen molar-refractivity contribution in [1.82, 2.24) is 0 Å². The van der Waals surface area contributed by atoms with E-state index in [0.29, 0.717) is 28.6 Å². The first kappa shape index (κ1) is 19.0. The molecule has 0 bridgehead atoms. The van der Waals surface area contributed by atoms with Crippen LogP contribution in [0.2, 0.25) is 5.02 Å². The molecule has 0 aliphatic carbocycles. The molecule has 5 heteroatoms. The van der Waals surface area contributed by atoms with Crippen molar-refractivity contribution in [3.63, 3.8) is 0 Å². The summed E-state index contributed by atoms with van der Waals surface area (Å²) in [5, 5.41) is 6.42. The number of benzene rings is 3. The van der Waals surface area contributed by atoms with E-state index in [1.807, 2.05) is 67.6 Å². The molecule has 0 saturated carbocycles. The molecule has 0 atom stereocenters. The molecule has 0 unspecified atom stereocenters. The lowest BCUT2D eigenvalue weighted by atomic mass is 10.1. The number of halogens is 1. The van der Waals surface area contributed by atoms with Crippen molar-refractivity contribution in [2.45, 2.75) is 13.5 Å². The highest BCUT2D eigenvalue weighted by Crippen LogP contribution is 2.28. The summed E-state index contributed by atoms with van der Waals surface area (Å²) >= 11 is 5.95. The lowest BCUT2D eigenvalue weighted by Crippen LogP contribution is -2.21. The van der Waals surface area contributed by atoms with Gasteiger partial charge in [0.1, 0.15) is 12.4 Å². The molecule has 0 N–H and O–H groups in total. The van der Waals surface area contributed by atoms with Crippen molar-refractivity contribution in [1.29, 1.82) is 0 Å². The second-order valence-electron chi connectivity index (χ2n) is 6.65. The van der Waals surface area contributed by atoms with E-state index in [4.69, 9.17) is 16.3 Å². The summed E-state index contributed by atoms with van der Waals surface area (Å²) in [5.41, 5.74) is 3.78. The first-order valence-electron chi connectivity index (χ1n) is 9.25. The van der Waals surface area contributed by atoms with Crippen molar-refractivity contribution in [3.8, 4) is 5.75 Å². The second-order valence-corrected chi connectivity index (χ2v) is 7.09. The van der Waals surface area contributed by atoms with E-state index in [0.717, 1.165) is 16.9 Å². The van der Waals surface area contributed by atoms with Crippen LogP contribution in [0.15, 0.2) is 89.5 Å². The first-order valence-corrected chi connectivity index (χ1v) is 9.62. The van der Waals surface area contributed by atoms with Gasteiger partial charge in [0.25, 0.3) is 5.91 Å². The number of ether oxygens (including phenoxy) is 1. The topological polar surface area (TPSA) is 41.9 Å². The average Bonchev–Trinajstić information content (AvgIpc) is 3.03. The fraction of sp³-hybridized carbons (Fsp3) is 0.0833. The minimum atomic E-state index is -0.178. The zero-order valence-electron chi connectivity index (χ0n) is 15.9. The molecule has 0 saturated heterocycles. The predicted octanol–water partition coefficient (Wildman–Crippen LogP) is 5.73. The Morgan fingerprint density at radius 2 is 1.66 bits per heavy atom. The number of carbonyl (C=O) groups excluding carboxylic acids is 1. The summed E-state index contributed by atoms with van der Waals surface area (Å²) in [6, 6.07) is 24.7. The van der Waals surface area contributed by atoms with Gasteiger partial charge in [0.15, 0.2) is 0 Å². The lowest BCUT2D eigenvalue weighted by molar-refractivity contribution is -0.114. The Balaban J connectivity index is 1.59. The number of rotatable bonds is 5. The molecule has 144 valence electrons. The number of amides is 1. The van der Waals surface area contributed by atoms with Crippen LogP contribution in [-0.2, 0) is 11.4 Å². The van der Waals surface area contributed by atoms with Gasteiger partial charge in [0.2, 0.25) is 0 Å². The van der Waals surface area contributed by atoms with E-state index >= 15 is 0 Å². The number of carbonyl (C=O) groups is 1. The molecule has 1 heterocycles. The Morgan fingerprint density at radius 1 is 0.966 bits per heavy atom. The number of anilines is 1. The third-order valence-electron chi connectivity index (χ3n) is 4.59. The quantitative estimate of drug-likeness (QED) is 0.512. The van der Waals surface area contributed by atoms with Gasteiger partial charge in [0.05, 0.1) is 17.0 Å². The molecular formula is C24H19ClN2O2. The van der Waals surface area contributed by atoms with Crippen molar-refractivity contribution in [2.75, 3.05) is 5.01 Å². The van der Waals surface area contributed by atoms with Crippen LogP contribution in [0, 0.1) is 0 Å². The summed E-state index contributed by atoms with van der Waals surface area (Å²) in [6.07, 6.45) is 1.83. The standard InChI is InChI=1S/C24H19ClN2O2/c1-17-22(24(28)27(26-17)21-13-11-20(25)12-14-21)15-19-9-5-6-10-23(19)29-16-18-7-3-2-4-8-18/h2-15H,16H2,1H3. The van der Waals surface area contributed by atoms with E-state index in [1.54, 1.807) is 24.3 Å². The monoisotopic (exact) mass is 402 g/mol. The Kier molecular flexibility index (Phi) is 5.45. The lowest BCUT2D eigenvalue weighted by Gasteiger charge is -2.12. The molecule has 1 aliphatic heterocycles. The summed E-state index contributed by atoms with van der Waals surface area (Å²) in [6.45, 7) is 2.28. The Hall–Kier alpha value is -3.37.